The summed E-state index contributed by atoms with van der Waals surface area (Å²) in [5, 5.41) is 10.7. The van der Waals surface area contributed by atoms with Crippen molar-refractivity contribution in [2.45, 2.75) is 452 Å². The summed E-state index contributed by atoms with van der Waals surface area (Å²) in [5.74, 6) is 0.177. The maximum Gasteiger partial charge on any atom is 0.472 e. The highest BCUT2D eigenvalue weighted by molar-refractivity contribution is 7.47. The van der Waals surface area contributed by atoms with Crippen LogP contribution < -0.4 is 0 Å². The fourth-order valence-electron chi connectivity index (χ4n) is 12.8. The molecule has 0 aliphatic rings. The number of hydrogen-bond acceptors (Lipinski definition) is 15. The van der Waals surface area contributed by atoms with Gasteiger partial charge in [-0.15, -0.1) is 0 Å². The van der Waals surface area contributed by atoms with Crippen LogP contribution in [0.5, 0.6) is 0 Å². The maximum atomic E-state index is 13.1. The number of hydrogen-bond donors (Lipinski definition) is 3. The number of aliphatic hydroxyl groups excluding tert-OH is 1. The quantitative estimate of drug-likeness (QED) is 0.0222. The molecule has 0 rings (SSSR count). The molecule has 2 unspecified atom stereocenters. The molecule has 0 saturated carbocycles. The molecule has 0 aromatic rings. The first-order chi connectivity index (χ1) is 49.2. The zero-order chi connectivity index (χ0) is 75.1. The van der Waals surface area contributed by atoms with Gasteiger partial charge in [-0.2, -0.15) is 0 Å². The SMILES string of the molecule is CCCCCCCCCCCCCCCCCCCCCCCC(=O)O[C@H](COC(=O)CCCCCCCCCCCCCCCC(C)C)COP(=O)(O)OC[C@@H](O)COP(=O)(O)OC[C@@H](COC(=O)CCCCCCCCCCCC(C)C)OC(=O)CCCCCCCCCCCCC(C)C. The van der Waals surface area contributed by atoms with Gasteiger partial charge in [-0.3, -0.25) is 37.3 Å². The highest BCUT2D eigenvalue weighted by atomic mass is 31.2. The molecule has 0 bridgehead atoms. The Morgan fingerprint density at radius 1 is 0.265 bits per heavy atom. The van der Waals surface area contributed by atoms with E-state index in [0.29, 0.717) is 25.7 Å². The molecular formula is C83H162O17P2. The lowest BCUT2D eigenvalue weighted by Gasteiger charge is -2.21. The largest absolute Gasteiger partial charge is 0.472 e. The number of phosphoric ester groups is 2. The van der Waals surface area contributed by atoms with Gasteiger partial charge in [-0.25, -0.2) is 9.13 Å². The second-order valence-electron chi connectivity index (χ2n) is 31.3. The fourth-order valence-corrected chi connectivity index (χ4v) is 14.4. The van der Waals surface area contributed by atoms with Crippen LogP contribution in [0, 0.1) is 17.8 Å². The summed E-state index contributed by atoms with van der Waals surface area (Å²) in [6.07, 6.45) is 62.5. The van der Waals surface area contributed by atoms with Gasteiger partial charge in [-0.05, 0) is 43.4 Å². The summed E-state index contributed by atoms with van der Waals surface area (Å²) in [6.45, 7) is 11.9. The van der Waals surface area contributed by atoms with Crippen LogP contribution in [0.1, 0.15) is 434 Å². The molecule has 0 aliphatic heterocycles. The lowest BCUT2D eigenvalue weighted by molar-refractivity contribution is -0.161. The molecule has 17 nitrogen and oxygen atoms in total. The van der Waals surface area contributed by atoms with E-state index < -0.39 is 97.5 Å². The number of unbranched alkanes of at least 4 members (excludes halogenated alkanes) is 49. The monoisotopic (exact) mass is 1490 g/mol. The maximum absolute atomic E-state index is 13.1. The van der Waals surface area contributed by atoms with Crippen molar-refractivity contribution in [3.63, 3.8) is 0 Å². The van der Waals surface area contributed by atoms with Gasteiger partial charge in [0.1, 0.15) is 19.3 Å². The van der Waals surface area contributed by atoms with Crippen LogP contribution in [0.25, 0.3) is 0 Å². The van der Waals surface area contributed by atoms with Crippen molar-refractivity contribution in [2.75, 3.05) is 39.6 Å². The van der Waals surface area contributed by atoms with Crippen LogP contribution >= 0.6 is 15.6 Å². The molecule has 0 aromatic heterocycles. The molecule has 3 N–H and O–H groups in total. The molecule has 0 aromatic carbocycles. The number of phosphoric acid groups is 2. The summed E-state index contributed by atoms with van der Waals surface area (Å²) in [4.78, 5) is 73.1. The second-order valence-corrected chi connectivity index (χ2v) is 34.2. The van der Waals surface area contributed by atoms with Gasteiger partial charge >= 0.3 is 39.5 Å². The smallest absolute Gasteiger partial charge is 0.462 e. The van der Waals surface area contributed by atoms with Gasteiger partial charge in [0.15, 0.2) is 12.2 Å². The second kappa shape index (κ2) is 73.2. The van der Waals surface area contributed by atoms with Crippen LogP contribution in [0.2, 0.25) is 0 Å². The van der Waals surface area contributed by atoms with Crippen molar-refractivity contribution < 1.29 is 80.2 Å². The molecule has 102 heavy (non-hydrogen) atoms. The van der Waals surface area contributed by atoms with E-state index in [1.54, 1.807) is 0 Å². The average molecular weight is 1490 g/mol. The highest BCUT2D eigenvalue weighted by Crippen LogP contribution is 2.45. The van der Waals surface area contributed by atoms with E-state index in [9.17, 15) is 43.2 Å². The van der Waals surface area contributed by atoms with Gasteiger partial charge in [0.05, 0.1) is 26.4 Å². The molecule has 0 fully saturated rings. The van der Waals surface area contributed by atoms with E-state index in [0.717, 1.165) is 108 Å². The van der Waals surface area contributed by atoms with Crippen molar-refractivity contribution in [3.8, 4) is 0 Å². The Balaban J connectivity index is 5.24. The average Bonchev–Trinajstić information content (AvgIpc) is 2.31. The van der Waals surface area contributed by atoms with Crippen molar-refractivity contribution in [3.05, 3.63) is 0 Å². The Morgan fingerprint density at radius 3 is 0.667 bits per heavy atom. The summed E-state index contributed by atoms with van der Waals surface area (Å²) in [6, 6.07) is 0. The molecule has 0 aliphatic carbocycles. The predicted octanol–water partition coefficient (Wildman–Crippen LogP) is 24.9. The summed E-state index contributed by atoms with van der Waals surface area (Å²) >= 11 is 0. The number of esters is 4. The molecule has 19 heteroatoms. The Kier molecular flexibility index (Phi) is 71.8. The molecule has 0 amide bonds. The zero-order valence-electron chi connectivity index (χ0n) is 67.1. The van der Waals surface area contributed by atoms with Crippen LogP contribution in [-0.2, 0) is 65.4 Å². The Hall–Kier alpha value is -1.94. The summed E-state index contributed by atoms with van der Waals surface area (Å²) in [5.41, 5.74) is 0. The van der Waals surface area contributed by atoms with Gasteiger partial charge < -0.3 is 33.8 Å². The van der Waals surface area contributed by atoms with E-state index in [1.807, 2.05) is 0 Å². The Morgan fingerprint density at radius 2 is 0.451 bits per heavy atom. The fraction of sp³-hybridized carbons (Fsp3) is 0.952. The first-order valence-corrected chi connectivity index (χ1v) is 45.8. The lowest BCUT2D eigenvalue weighted by atomic mass is 10.0. The standard InChI is InChI=1S/C83H162O17P2/c1-8-9-10-11-12-13-14-15-16-17-18-19-20-21-22-25-29-37-45-52-59-66-82(87)99-78(70-93-80(85)64-57-50-43-36-28-26-23-24-27-33-40-47-54-61-74(2)3)72-97-101(89,90)95-68-77(84)69-96-102(91,92)98-73-79(71-94-81(86)65-58-51-44-39-32-35-42-49-56-63-76(6)7)100-83(88)67-60-53-46-38-31-30-34-41-48-55-62-75(4)5/h74-79,84H,8-73H2,1-7H3,(H,89,90)(H,91,92)/t77-,78-,79-/m1/s1. The molecular weight excluding hydrogens is 1330 g/mol. The molecule has 606 valence electrons. The van der Waals surface area contributed by atoms with Crippen LogP contribution in [-0.4, -0.2) is 96.7 Å². The number of carbonyl (C=O) groups excluding carboxylic acids is 4. The first kappa shape index (κ1) is 100. The number of aliphatic hydroxyl groups is 1. The topological polar surface area (TPSA) is 237 Å². The van der Waals surface area contributed by atoms with Crippen LogP contribution in [0.3, 0.4) is 0 Å². The van der Waals surface area contributed by atoms with E-state index in [-0.39, 0.29) is 25.7 Å². The normalized spacial score (nSPS) is 13.9. The zero-order valence-corrected chi connectivity index (χ0v) is 68.9. The summed E-state index contributed by atoms with van der Waals surface area (Å²) < 4.78 is 68.8. The van der Waals surface area contributed by atoms with E-state index in [1.165, 1.54) is 244 Å². The van der Waals surface area contributed by atoms with Crippen molar-refractivity contribution in [1.82, 2.24) is 0 Å². The van der Waals surface area contributed by atoms with Gasteiger partial charge in [0.2, 0.25) is 0 Å². The van der Waals surface area contributed by atoms with E-state index in [2.05, 4.69) is 48.5 Å². The lowest BCUT2D eigenvalue weighted by Crippen LogP contribution is -2.30. The van der Waals surface area contributed by atoms with Crippen LogP contribution in [0.15, 0.2) is 0 Å². The van der Waals surface area contributed by atoms with Gasteiger partial charge in [0, 0.05) is 25.7 Å². The molecule has 5 atom stereocenters. The van der Waals surface area contributed by atoms with E-state index >= 15 is 0 Å². The summed E-state index contributed by atoms with van der Waals surface area (Å²) in [7, 11) is -9.92. The van der Waals surface area contributed by atoms with Crippen molar-refractivity contribution >= 4 is 39.5 Å². The van der Waals surface area contributed by atoms with Gasteiger partial charge in [0.25, 0.3) is 0 Å². The van der Waals surface area contributed by atoms with E-state index in [4.69, 9.17) is 37.0 Å². The minimum absolute atomic E-state index is 0.106. The predicted molar refractivity (Wildman–Crippen MR) is 418 cm³/mol. The number of carbonyl (C=O) groups is 4. The first-order valence-electron chi connectivity index (χ1n) is 42.8. The van der Waals surface area contributed by atoms with Crippen molar-refractivity contribution in [1.29, 1.82) is 0 Å². The highest BCUT2D eigenvalue weighted by Gasteiger charge is 2.30. The third-order valence-electron chi connectivity index (χ3n) is 19.4. The Bertz CT molecular complexity index is 1970. The minimum atomic E-state index is -4.96. The molecule has 0 saturated heterocycles. The molecule has 0 radical (unpaired) electrons. The minimum Gasteiger partial charge on any atom is -0.462 e. The number of rotatable bonds is 81. The number of ether oxygens (including phenoxy) is 4. The Labute approximate surface area is 626 Å². The van der Waals surface area contributed by atoms with Crippen LogP contribution in [0.4, 0.5) is 0 Å². The molecule has 0 heterocycles. The third kappa shape index (κ3) is 76.3. The van der Waals surface area contributed by atoms with Crippen molar-refractivity contribution in [2.24, 2.45) is 17.8 Å². The molecule has 0 spiro atoms. The van der Waals surface area contributed by atoms with Gasteiger partial charge in [-0.1, -0.05) is 382 Å². The third-order valence-corrected chi connectivity index (χ3v) is 21.3.